The fourth-order valence-corrected chi connectivity index (χ4v) is 7.62. The van der Waals surface area contributed by atoms with E-state index in [9.17, 15) is 72.8 Å². The smallest absolute Gasteiger partial charge is 0.350 e. The van der Waals surface area contributed by atoms with Crippen molar-refractivity contribution >= 4 is 65.4 Å². The molecule has 0 spiro atoms. The van der Waals surface area contributed by atoms with Crippen LogP contribution in [0.3, 0.4) is 0 Å². The molecular weight excluding hydrogens is 893 g/mol. The number of urea groups is 2. The number of carbonyl (C=O) groups is 10. The number of carboxylic acids is 6. The first-order valence-electron chi connectivity index (χ1n) is 21.3. The third-order valence-corrected chi connectivity index (χ3v) is 11.2. The van der Waals surface area contributed by atoms with Crippen molar-refractivity contribution < 1.29 is 83.0 Å². The first kappa shape index (κ1) is 52.1. The Morgan fingerprint density at radius 2 is 1.16 bits per heavy atom. The predicted octanol–water partition coefficient (Wildman–Crippen LogP) is 1.28. The van der Waals surface area contributed by atoms with E-state index in [4.69, 9.17) is 10.2 Å². The minimum absolute atomic E-state index is 0.0660. The van der Waals surface area contributed by atoms with Crippen LogP contribution in [0.5, 0.6) is 0 Å². The van der Waals surface area contributed by atoms with E-state index in [1.807, 2.05) is 0 Å². The minimum Gasteiger partial charge on any atom is -0.481 e. The normalized spacial score (nSPS) is 16.0. The Morgan fingerprint density at radius 3 is 1.63 bits per heavy atom. The van der Waals surface area contributed by atoms with Crippen LogP contribution in [-0.2, 0) is 35.2 Å². The Hall–Kier alpha value is -7.54. The molecule has 3 heterocycles. The monoisotopic (exact) mass is 945 g/mol. The Morgan fingerprint density at radius 1 is 0.672 bits per heavy atom. The molecule has 2 saturated heterocycles. The molecule has 4 rings (SSSR count). The number of carbonyl (C=O) groups excluding carboxylic acids is 4. The van der Waals surface area contributed by atoms with Crippen molar-refractivity contribution in [1.29, 1.82) is 0 Å². The van der Waals surface area contributed by atoms with E-state index < -0.39 is 116 Å². The van der Waals surface area contributed by atoms with E-state index >= 15 is 0 Å². The average Bonchev–Trinajstić information content (AvgIpc) is 3.76. The average molecular weight is 946 g/mol. The number of hydrogen-bond acceptors (Lipinski definition) is 12. The molecule has 1 unspecified atom stereocenters. The van der Waals surface area contributed by atoms with Crippen molar-refractivity contribution in [2.24, 2.45) is 16.8 Å². The molecule has 2 aliphatic rings. The number of nitrogens with zero attached hydrogens (tertiary/aromatic N) is 6. The number of rotatable bonds is 23. The van der Waals surface area contributed by atoms with E-state index in [1.165, 1.54) is 38.9 Å². The molecule has 1 aromatic heterocycles. The number of halogens is 1. The van der Waals surface area contributed by atoms with E-state index in [1.54, 1.807) is 0 Å². The molecule has 67 heavy (non-hydrogen) atoms. The zero-order chi connectivity index (χ0) is 49.4. The molecule has 0 bridgehead atoms. The topological polar surface area (TPSA) is 378 Å². The quantitative estimate of drug-likeness (QED) is 0.0708. The van der Waals surface area contributed by atoms with Crippen molar-refractivity contribution in [2.75, 3.05) is 32.9 Å². The molecule has 364 valence electrons. The van der Waals surface area contributed by atoms with Gasteiger partial charge < -0.3 is 56.4 Å². The fourth-order valence-electron chi connectivity index (χ4n) is 7.62. The summed E-state index contributed by atoms with van der Waals surface area (Å²) in [5, 5.41) is 70.6. The molecule has 0 aliphatic carbocycles. The van der Waals surface area contributed by atoms with Gasteiger partial charge >= 0.3 is 47.9 Å². The van der Waals surface area contributed by atoms with Gasteiger partial charge in [0.25, 0.3) is 11.8 Å². The van der Waals surface area contributed by atoms with Crippen LogP contribution in [0.25, 0.3) is 5.69 Å². The number of aliphatic carboxylic acids is 6. The number of amides is 6. The van der Waals surface area contributed by atoms with Gasteiger partial charge in [-0.2, -0.15) is 4.99 Å². The van der Waals surface area contributed by atoms with E-state index in [-0.39, 0.29) is 80.5 Å². The maximum Gasteiger partial charge on any atom is 0.350 e. The van der Waals surface area contributed by atoms with Gasteiger partial charge in [-0.1, -0.05) is 5.21 Å². The van der Waals surface area contributed by atoms with Gasteiger partial charge in [-0.25, -0.2) is 33.4 Å². The van der Waals surface area contributed by atoms with Crippen LogP contribution in [0, 0.1) is 11.8 Å². The van der Waals surface area contributed by atoms with Crippen molar-refractivity contribution in [1.82, 2.24) is 40.7 Å². The maximum absolute atomic E-state index is 14.1. The van der Waals surface area contributed by atoms with Gasteiger partial charge in [-0.05, 0) is 87.8 Å². The molecule has 3 atom stereocenters. The highest BCUT2D eigenvalue weighted by Crippen LogP contribution is 2.27. The van der Waals surface area contributed by atoms with Crippen LogP contribution >= 0.6 is 0 Å². The van der Waals surface area contributed by atoms with Gasteiger partial charge in [-0.15, -0.1) is 5.10 Å². The third kappa shape index (κ3) is 16.1. The molecule has 2 aliphatic heterocycles. The summed E-state index contributed by atoms with van der Waals surface area (Å²) in [4.78, 5) is 128. The molecule has 25 nitrogen and oxygen atoms in total. The number of benzene rings is 1. The number of piperidine rings is 2. The summed E-state index contributed by atoms with van der Waals surface area (Å²) in [6.07, 6.45) is 0.904. The lowest BCUT2D eigenvalue weighted by molar-refractivity contribution is -0.141. The second-order valence-electron chi connectivity index (χ2n) is 16.1. The summed E-state index contributed by atoms with van der Waals surface area (Å²) in [6, 6.07) is -2.46. The SMILES string of the molecule is O=C(O)CCC(=NC(=O)N[C@H](CC1CCN(C(=O)c2cc(C(=O)N3CCC(C[C@H](NC(=O)NC(CCC(=O)O)C(=O)O)C(=O)O)CC3)cc(-n3cc(CCCF)nn3)c2)CC1)C(=O)O)C(=O)O. The lowest BCUT2D eigenvalue weighted by Gasteiger charge is -2.34. The first-order chi connectivity index (χ1) is 31.7. The van der Waals surface area contributed by atoms with Crippen LogP contribution in [0.4, 0.5) is 14.0 Å². The van der Waals surface area contributed by atoms with Gasteiger partial charge in [0, 0.05) is 50.1 Å². The molecular formula is C41H52FN9O16. The molecule has 1 aromatic carbocycles. The zero-order valence-corrected chi connectivity index (χ0v) is 36.0. The summed E-state index contributed by atoms with van der Waals surface area (Å²) in [6.45, 7) is 0.0315. The van der Waals surface area contributed by atoms with E-state index in [0.29, 0.717) is 31.4 Å². The Bertz CT molecular complexity index is 2220. The molecule has 2 aromatic rings. The van der Waals surface area contributed by atoms with Crippen molar-refractivity contribution in [3.05, 3.63) is 41.2 Å². The van der Waals surface area contributed by atoms with Crippen LogP contribution in [0.15, 0.2) is 29.4 Å². The number of aryl methyl sites for hydroxylation is 1. The highest BCUT2D eigenvalue weighted by atomic mass is 19.1. The van der Waals surface area contributed by atoms with Crippen LogP contribution in [-0.4, -0.2) is 172 Å². The Kier molecular flexibility index (Phi) is 19.2. The third-order valence-electron chi connectivity index (χ3n) is 11.2. The second-order valence-corrected chi connectivity index (χ2v) is 16.1. The molecule has 26 heteroatoms. The van der Waals surface area contributed by atoms with Gasteiger partial charge in [0.05, 0.1) is 30.7 Å². The summed E-state index contributed by atoms with van der Waals surface area (Å²) in [5.74, 6) is -10.1. The lowest BCUT2D eigenvalue weighted by Crippen LogP contribution is -2.52. The Balaban J connectivity index is 1.44. The summed E-state index contributed by atoms with van der Waals surface area (Å²) in [7, 11) is 0. The number of nitrogens with one attached hydrogen (secondary N) is 3. The Labute approximate surface area is 380 Å². The highest BCUT2D eigenvalue weighted by molar-refractivity contribution is 6.37. The summed E-state index contributed by atoms with van der Waals surface area (Å²) in [5.41, 5.74) is 0.189. The molecule has 9 N–H and O–H groups in total. The first-order valence-corrected chi connectivity index (χ1v) is 21.3. The molecule has 0 saturated carbocycles. The number of alkyl halides is 1. The highest BCUT2D eigenvalue weighted by Gasteiger charge is 2.33. The number of hydrogen-bond donors (Lipinski definition) is 9. The number of carboxylic acid groups (broad SMARTS) is 6. The van der Waals surface area contributed by atoms with Gasteiger partial charge in [-0.3, -0.25) is 23.6 Å². The lowest BCUT2D eigenvalue weighted by atomic mass is 9.89. The predicted molar refractivity (Wildman–Crippen MR) is 225 cm³/mol. The fraction of sp³-hybridized carbons (Fsp3) is 0.537. The molecule has 6 amide bonds. The number of aromatic nitrogens is 3. The van der Waals surface area contributed by atoms with Gasteiger partial charge in [0.15, 0.2) is 0 Å². The summed E-state index contributed by atoms with van der Waals surface area (Å²) < 4.78 is 14.3. The van der Waals surface area contributed by atoms with Crippen molar-refractivity contribution in [2.45, 2.75) is 95.2 Å². The second kappa shape index (κ2) is 24.7. The van der Waals surface area contributed by atoms with E-state index in [0.717, 1.165) is 0 Å². The number of aliphatic imine (C=N–C) groups is 1. The zero-order valence-electron chi connectivity index (χ0n) is 36.0. The largest absolute Gasteiger partial charge is 0.481 e. The maximum atomic E-state index is 14.1. The van der Waals surface area contributed by atoms with Crippen LogP contribution in [0.1, 0.15) is 97.0 Å². The van der Waals surface area contributed by atoms with E-state index in [2.05, 4.69) is 31.3 Å². The van der Waals surface area contributed by atoms with Crippen LogP contribution < -0.4 is 16.0 Å². The number of likely N-dealkylation sites (tertiary alicyclic amines) is 2. The van der Waals surface area contributed by atoms with Crippen LogP contribution in [0.2, 0.25) is 0 Å². The van der Waals surface area contributed by atoms with Gasteiger partial charge in [0.2, 0.25) is 0 Å². The minimum atomic E-state index is -1.64. The molecule has 0 radical (unpaired) electrons. The molecule has 2 fully saturated rings. The van der Waals surface area contributed by atoms with Gasteiger partial charge in [0.1, 0.15) is 23.8 Å². The van der Waals surface area contributed by atoms with Crippen molar-refractivity contribution in [3.8, 4) is 5.69 Å². The standard InChI is InChI=1S/C41H52FN9O16/c42-11-1-2-26-21-51(48-47-26)27-19-24(34(56)49-12-7-22(8-13-49)16-30(38(62)63)45-40(66)43-28(36(58)59)3-5-32(52)53)18-25(20-27)35(57)50-14-9-23(10-15-50)17-31(39(64)65)46-41(67)44-29(37(60)61)4-6-33(54)55/h18-23,28,30-31H,1-17H2,(H,46,67)(H,52,53)(H,54,55)(H,58,59)(H,60,61)(H,62,63)(H,64,65)(H2,43,45,66)/t28?,30-,31+/m0/s1. The van der Waals surface area contributed by atoms with Crippen molar-refractivity contribution in [3.63, 3.8) is 0 Å². The summed E-state index contributed by atoms with van der Waals surface area (Å²) >= 11 is 0.